The highest BCUT2D eigenvalue weighted by molar-refractivity contribution is 5.86. The summed E-state index contributed by atoms with van der Waals surface area (Å²) in [5, 5.41) is 11.6. The molecular formula is C16H21N3O5. The second-order valence-corrected chi connectivity index (χ2v) is 5.47. The molecule has 1 aromatic rings. The van der Waals surface area contributed by atoms with Crippen LogP contribution < -0.4 is 10.2 Å². The lowest BCUT2D eigenvalue weighted by Gasteiger charge is -2.32. The number of carboxylic acid groups (broad SMARTS) is 1. The molecule has 2 N–H and O–H groups in total. The number of aromatic carboxylic acids is 1. The third-order valence-corrected chi connectivity index (χ3v) is 3.86. The molecule has 24 heavy (non-hydrogen) atoms. The molecule has 0 bridgehead atoms. The fourth-order valence-electron chi connectivity index (χ4n) is 2.60. The summed E-state index contributed by atoms with van der Waals surface area (Å²) in [6.45, 7) is 3.09. The number of carbonyl (C=O) groups is 3. The zero-order valence-electron chi connectivity index (χ0n) is 13.5. The van der Waals surface area contributed by atoms with Crippen LogP contribution in [0, 0.1) is 5.92 Å². The van der Waals surface area contributed by atoms with Gasteiger partial charge in [-0.1, -0.05) is 6.07 Å². The zero-order chi connectivity index (χ0) is 17.5. The Labute approximate surface area is 139 Å². The standard InChI is InChI=1S/C16H21N3O5/c1-2-24-14(20)10-17-15(21)11-6-8-19(9-7-11)13-5-3-4-12(18-13)16(22)23/h3-5,11H,2,6-10H2,1H3,(H,17,21)(H,22,23). The number of hydrogen-bond donors (Lipinski definition) is 2. The minimum Gasteiger partial charge on any atom is -0.477 e. The summed E-state index contributed by atoms with van der Waals surface area (Å²) in [5.74, 6) is -1.24. The number of carboxylic acids is 1. The molecule has 0 unspecified atom stereocenters. The Balaban J connectivity index is 1.85. The van der Waals surface area contributed by atoms with Crippen molar-refractivity contribution in [3.05, 3.63) is 23.9 Å². The SMILES string of the molecule is CCOC(=O)CNC(=O)C1CCN(c2cccc(C(=O)O)n2)CC1. The van der Waals surface area contributed by atoms with E-state index in [-0.39, 0.29) is 30.7 Å². The van der Waals surface area contributed by atoms with Crippen LogP contribution in [0.25, 0.3) is 0 Å². The van der Waals surface area contributed by atoms with Crippen molar-refractivity contribution in [2.75, 3.05) is 31.1 Å². The van der Waals surface area contributed by atoms with Crippen molar-refractivity contribution in [1.82, 2.24) is 10.3 Å². The molecule has 8 heteroatoms. The molecular weight excluding hydrogens is 314 g/mol. The monoisotopic (exact) mass is 335 g/mol. The summed E-state index contributed by atoms with van der Waals surface area (Å²) < 4.78 is 4.77. The second-order valence-electron chi connectivity index (χ2n) is 5.47. The first-order valence-electron chi connectivity index (χ1n) is 7.90. The molecule has 1 aliphatic heterocycles. The number of anilines is 1. The largest absolute Gasteiger partial charge is 0.477 e. The van der Waals surface area contributed by atoms with Gasteiger partial charge in [0.1, 0.15) is 12.4 Å². The average molecular weight is 335 g/mol. The van der Waals surface area contributed by atoms with Gasteiger partial charge in [0.15, 0.2) is 5.69 Å². The lowest BCUT2D eigenvalue weighted by atomic mass is 9.96. The van der Waals surface area contributed by atoms with E-state index in [1.807, 2.05) is 4.90 Å². The number of nitrogens with one attached hydrogen (secondary N) is 1. The van der Waals surface area contributed by atoms with E-state index in [0.29, 0.717) is 31.7 Å². The van der Waals surface area contributed by atoms with Crippen LogP contribution in [0.4, 0.5) is 5.82 Å². The fraction of sp³-hybridized carbons (Fsp3) is 0.500. The van der Waals surface area contributed by atoms with Gasteiger partial charge in [0, 0.05) is 19.0 Å². The first kappa shape index (κ1) is 17.7. The van der Waals surface area contributed by atoms with Crippen LogP contribution in [0.15, 0.2) is 18.2 Å². The van der Waals surface area contributed by atoms with Crippen molar-refractivity contribution in [2.45, 2.75) is 19.8 Å². The van der Waals surface area contributed by atoms with E-state index >= 15 is 0 Å². The van der Waals surface area contributed by atoms with Crippen molar-refractivity contribution in [2.24, 2.45) is 5.92 Å². The maximum atomic E-state index is 12.1. The fourth-order valence-corrected chi connectivity index (χ4v) is 2.60. The van der Waals surface area contributed by atoms with Crippen LogP contribution in [0.3, 0.4) is 0 Å². The quantitative estimate of drug-likeness (QED) is 0.736. The van der Waals surface area contributed by atoms with Gasteiger partial charge in [-0.15, -0.1) is 0 Å². The lowest BCUT2D eigenvalue weighted by molar-refractivity contribution is -0.143. The van der Waals surface area contributed by atoms with Gasteiger partial charge in [0.2, 0.25) is 5.91 Å². The van der Waals surface area contributed by atoms with Crippen molar-refractivity contribution in [3.63, 3.8) is 0 Å². The van der Waals surface area contributed by atoms with E-state index in [1.165, 1.54) is 6.07 Å². The summed E-state index contributed by atoms with van der Waals surface area (Å²) in [6.07, 6.45) is 1.24. The number of amides is 1. The van der Waals surface area contributed by atoms with Gasteiger partial charge in [-0.3, -0.25) is 9.59 Å². The van der Waals surface area contributed by atoms with Crippen LogP contribution in [0.1, 0.15) is 30.3 Å². The van der Waals surface area contributed by atoms with Crippen LogP contribution in [-0.4, -0.2) is 54.2 Å². The number of ether oxygens (including phenoxy) is 1. The third kappa shape index (κ3) is 4.68. The number of rotatable bonds is 6. The predicted octanol–water partition coefficient (Wildman–Crippen LogP) is 0.675. The molecule has 1 aliphatic rings. The van der Waals surface area contributed by atoms with Crippen LogP contribution in [-0.2, 0) is 14.3 Å². The Morgan fingerprint density at radius 3 is 2.67 bits per heavy atom. The van der Waals surface area contributed by atoms with Gasteiger partial charge in [-0.2, -0.15) is 0 Å². The van der Waals surface area contributed by atoms with E-state index in [4.69, 9.17) is 9.84 Å². The molecule has 0 atom stereocenters. The van der Waals surface area contributed by atoms with E-state index < -0.39 is 11.9 Å². The van der Waals surface area contributed by atoms with Gasteiger partial charge in [-0.25, -0.2) is 9.78 Å². The van der Waals surface area contributed by atoms with E-state index in [9.17, 15) is 14.4 Å². The average Bonchev–Trinajstić information content (AvgIpc) is 2.60. The van der Waals surface area contributed by atoms with Gasteiger partial charge in [0.05, 0.1) is 6.61 Å². The molecule has 130 valence electrons. The molecule has 1 saturated heterocycles. The number of carbonyl (C=O) groups excluding carboxylic acids is 2. The van der Waals surface area contributed by atoms with Crippen molar-refractivity contribution in [1.29, 1.82) is 0 Å². The van der Waals surface area contributed by atoms with E-state index in [1.54, 1.807) is 19.1 Å². The third-order valence-electron chi connectivity index (χ3n) is 3.86. The number of esters is 1. The topological polar surface area (TPSA) is 109 Å². The Morgan fingerprint density at radius 2 is 2.04 bits per heavy atom. The molecule has 1 fully saturated rings. The van der Waals surface area contributed by atoms with E-state index in [0.717, 1.165) is 0 Å². The molecule has 8 nitrogen and oxygen atoms in total. The summed E-state index contributed by atoms with van der Waals surface area (Å²) in [5.41, 5.74) is 0.00167. The Bertz CT molecular complexity index is 611. The maximum absolute atomic E-state index is 12.1. The number of piperidine rings is 1. The minimum atomic E-state index is -1.06. The Morgan fingerprint density at radius 1 is 1.33 bits per heavy atom. The molecule has 0 aromatic carbocycles. The van der Waals surface area contributed by atoms with Crippen LogP contribution >= 0.6 is 0 Å². The molecule has 0 spiro atoms. The molecule has 1 aromatic heterocycles. The Hall–Kier alpha value is -2.64. The number of nitrogens with zero attached hydrogens (tertiary/aromatic N) is 2. The summed E-state index contributed by atoms with van der Waals surface area (Å²) >= 11 is 0. The number of aromatic nitrogens is 1. The molecule has 0 radical (unpaired) electrons. The first-order valence-corrected chi connectivity index (χ1v) is 7.90. The maximum Gasteiger partial charge on any atom is 0.354 e. The zero-order valence-corrected chi connectivity index (χ0v) is 13.5. The molecule has 1 amide bonds. The number of pyridine rings is 1. The molecule has 2 rings (SSSR count). The highest BCUT2D eigenvalue weighted by Gasteiger charge is 2.26. The van der Waals surface area contributed by atoms with Crippen molar-refractivity contribution >= 4 is 23.7 Å². The van der Waals surface area contributed by atoms with Crippen molar-refractivity contribution < 1.29 is 24.2 Å². The molecule has 0 saturated carbocycles. The first-order chi connectivity index (χ1) is 11.5. The molecule has 2 heterocycles. The Kier molecular flexibility index (Phi) is 6.11. The van der Waals surface area contributed by atoms with Crippen LogP contribution in [0.2, 0.25) is 0 Å². The van der Waals surface area contributed by atoms with Crippen LogP contribution in [0.5, 0.6) is 0 Å². The minimum absolute atomic E-state index is 0.00167. The highest BCUT2D eigenvalue weighted by atomic mass is 16.5. The summed E-state index contributed by atoms with van der Waals surface area (Å²) in [4.78, 5) is 40.4. The van der Waals surface area contributed by atoms with Gasteiger partial charge >= 0.3 is 11.9 Å². The summed E-state index contributed by atoms with van der Waals surface area (Å²) in [6, 6.07) is 4.86. The van der Waals surface area contributed by atoms with Gasteiger partial charge in [0.25, 0.3) is 0 Å². The van der Waals surface area contributed by atoms with Gasteiger partial charge < -0.3 is 20.1 Å². The summed E-state index contributed by atoms with van der Waals surface area (Å²) in [7, 11) is 0. The molecule has 0 aliphatic carbocycles. The van der Waals surface area contributed by atoms with E-state index in [2.05, 4.69) is 10.3 Å². The highest BCUT2D eigenvalue weighted by Crippen LogP contribution is 2.22. The lowest BCUT2D eigenvalue weighted by Crippen LogP contribution is -2.42. The van der Waals surface area contributed by atoms with Gasteiger partial charge in [-0.05, 0) is 31.9 Å². The predicted molar refractivity (Wildman–Crippen MR) is 85.8 cm³/mol. The normalized spacial score (nSPS) is 15.0. The second kappa shape index (κ2) is 8.28. The number of hydrogen-bond acceptors (Lipinski definition) is 6. The van der Waals surface area contributed by atoms with Crippen molar-refractivity contribution in [3.8, 4) is 0 Å². The smallest absolute Gasteiger partial charge is 0.354 e.